The minimum Gasteiger partial charge on any atom is -0.381 e. The molecule has 3 aliphatic rings. The molecule has 0 saturated carbocycles. The van der Waals surface area contributed by atoms with Crippen LogP contribution in [0, 0.1) is 5.41 Å². The number of nitrogens with zero attached hydrogens (tertiary/aromatic N) is 3. The van der Waals surface area contributed by atoms with Gasteiger partial charge in [0.2, 0.25) is 0 Å². The number of hydrogen-bond acceptors (Lipinski definition) is 3. The van der Waals surface area contributed by atoms with Crippen LogP contribution in [0.25, 0.3) is 0 Å². The van der Waals surface area contributed by atoms with E-state index in [1.165, 1.54) is 51.6 Å². The number of nitrogens with one attached hydrogen (secondary N) is 1. The SMILES string of the molecule is CCNC(=NCCN1CCCCCC1)N1CCC2(CCOC2)C1. The number of aliphatic imine (C=N–C) groups is 1. The number of ether oxygens (including phenoxy) is 1. The molecular formula is C18H34N4O. The van der Waals surface area contributed by atoms with Crippen molar-refractivity contribution in [1.82, 2.24) is 15.1 Å². The summed E-state index contributed by atoms with van der Waals surface area (Å²) < 4.78 is 5.65. The van der Waals surface area contributed by atoms with Crippen LogP contribution >= 0.6 is 0 Å². The molecule has 0 bridgehead atoms. The third-order valence-electron chi connectivity index (χ3n) is 5.63. The molecule has 0 aromatic heterocycles. The summed E-state index contributed by atoms with van der Waals surface area (Å²) in [6.45, 7) is 11.8. The van der Waals surface area contributed by atoms with Crippen LogP contribution in [0.15, 0.2) is 4.99 Å². The normalized spacial score (nSPS) is 30.1. The van der Waals surface area contributed by atoms with Crippen LogP contribution in [0.2, 0.25) is 0 Å². The van der Waals surface area contributed by atoms with Gasteiger partial charge in [-0.3, -0.25) is 4.99 Å². The van der Waals surface area contributed by atoms with Gasteiger partial charge < -0.3 is 19.9 Å². The van der Waals surface area contributed by atoms with E-state index in [9.17, 15) is 0 Å². The lowest BCUT2D eigenvalue weighted by Crippen LogP contribution is -2.42. The fraction of sp³-hybridized carbons (Fsp3) is 0.944. The fourth-order valence-corrected chi connectivity index (χ4v) is 4.17. The first-order valence-corrected chi connectivity index (χ1v) is 9.65. The summed E-state index contributed by atoms with van der Waals surface area (Å²) in [5.41, 5.74) is 0.404. The van der Waals surface area contributed by atoms with Crippen molar-refractivity contribution in [3.8, 4) is 0 Å². The topological polar surface area (TPSA) is 40.1 Å². The Hall–Kier alpha value is -0.810. The van der Waals surface area contributed by atoms with Gasteiger partial charge >= 0.3 is 0 Å². The van der Waals surface area contributed by atoms with Gasteiger partial charge in [0.1, 0.15) is 0 Å². The van der Waals surface area contributed by atoms with E-state index in [0.29, 0.717) is 5.41 Å². The summed E-state index contributed by atoms with van der Waals surface area (Å²) in [4.78, 5) is 9.98. The molecule has 132 valence electrons. The second-order valence-electron chi connectivity index (χ2n) is 7.47. The molecule has 1 N–H and O–H groups in total. The van der Waals surface area contributed by atoms with Crippen molar-refractivity contribution < 1.29 is 4.74 Å². The van der Waals surface area contributed by atoms with Gasteiger partial charge in [-0.1, -0.05) is 12.8 Å². The maximum absolute atomic E-state index is 5.65. The number of guanidine groups is 1. The van der Waals surface area contributed by atoms with E-state index in [-0.39, 0.29) is 0 Å². The van der Waals surface area contributed by atoms with E-state index >= 15 is 0 Å². The number of hydrogen-bond donors (Lipinski definition) is 1. The first kappa shape index (κ1) is 17.0. The molecule has 0 aliphatic carbocycles. The summed E-state index contributed by atoms with van der Waals surface area (Å²) in [5.74, 6) is 1.12. The molecule has 0 aromatic rings. The molecule has 1 unspecified atom stereocenters. The molecule has 3 saturated heterocycles. The van der Waals surface area contributed by atoms with Crippen LogP contribution in [0.4, 0.5) is 0 Å². The highest BCUT2D eigenvalue weighted by molar-refractivity contribution is 5.80. The first-order valence-electron chi connectivity index (χ1n) is 9.65. The molecule has 3 heterocycles. The monoisotopic (exact) mass is 322 g/mol. The van der Waals surface area contributed by atoms with Gasteiger partial charge in [-0.2, -0.15) is 0 Å². The van der Waals surface area contributed by atoms with Gasteiger partial charge in [0.25, 0.3) is 0 Å². The van der Waals surface area contributed by atoms with Crippen LogP contribution in [0.1, 0.15) is 45.4 Å². The van der Waals surface area contributed by atoms with Gasteiger partial charge in [-0.15, -0.1) is 0 Å². The van der Waals surface area contributed by atoms with Gasteiger partial charge in [0.05, 0.1) is 13.2 Å². The first-order chi connectivity index (χ1) is 11.3. The van der Waals surface area contributed by atoms with Crippen molar-refractivity contribution in [3.05, 3.63) is 0 Å². The highest BCUT2D eigenvalue weighted by Gasteiger charge is 2.42. The second kappa shape index (κ2) is 8.34. The molecule has 3 fully saturated rings. The highest BCUT2D eigenvalue weighted by Crippen LogP contribution is 2.38. The predicted octanol–water partition coefficient (Wildman–Crippen LogP) is 1.94. The lowest BCUT2D eigenvalue weighted by Gasteiger charge is -2.25. The fourth-order valence-electron chi connectivity index (χ4n) is 4.17. The zero-order valence-electron chi connectivity index (χ0n) is 14.9. The summed E-state index contributed by atoms with van der Waals surface area (Å²) in [5, 5.41) is 3.50. The standard InChI is InChI=1S/C18H34N4O/c1-2-19-17(20-9-13-21-10-5-3-4-6-11-21)22-12-7-18(15-22)8-14-23-16-18/h2-16H2,1H3,(H,19,20). The third-order valence-corrected chi connectivity index (χ3v) is 5.63. The zero-order chi connectivity index (χ0) is 16.0. The van der Waals surface area contributed by atoms with E-state index < -0.39 is 0 Å². The predicted molar refractivity (Wildman–Crippen MR) is 94.9 cm³/mol. The van der Waals surface area contributed by atoms with Crippen LogP contribution in [0.3, 0.4) is 0 Å². The van der Waals surface area contributed by atoms with Crippen molar-refractivity contribution in [2.75, 3.05) is 59.0 Å². The molecule has 0 amide bonds. The van der Waals surface area contributed by atoms with Crippen LogP contribution < -0.4 is 5.32 Å². The van der Waals surface area contributed by atoms with Crippen molar-refractivity contribution in [2.45, 2.75) is 45.4 Å². The summed E-state index contributed by atoms with van der Waals surface area (Å²) in [6.07, 6.45) is 8.00. The highest BCUT2D eigenvalue weighted by atomic mass is 16.5. The lowest BCUT2D eigenvalue weighted by atomic mass is 9.87. The van der Waals surface area contributed by atoms with Gasteiger partial charge in [0, 0.05) is 38.2 Å². The molecule has 5 heteroatoms. The Morgan fingerprint density at radius 1 is 1.13 bits per heavy atom. The number of rotatable bonds is 4. The van der Waals surface area contributed by atoms with Gasteiger partial charge in [-0.25, -0.2) is 0 Å². The van der Waals surface area contributed by atoms with E-state index in [1.807, 2.05) is 0 Å². The number of likely N-dealkylation sites (tertiary alicyclic amines) is 2. The summed E-state index contributed by atoms with van der Waals surface area (Å²) in [7, 11) is 0. The van der Waals surface area contributed by atoms with E-state index in [4.69, 9.17) is 9.73 Å². The van der Waals surface area contributed by atoms with Crippen LogP contribution in [-0.2, 0) is 4.74 Å². The molecule has 3 rings (SSSR count). The van der Waals surface area contributed by atoms with Crippen molar-refractivity contribution >= 4 is 5.96 Å². The van der Waals surface area contributed by atoms with E-state index in [1.54, 1.807) is 0 Å². The molecule has 0 aromatic carbocycles. The van der Waals surface area contributed by atoms with Crippen molar-refractivity contribution in [1.29, 1.82) is 0 Å². The Balaban J connectivity index is 1.51. The molecule has 23 heavy (non-hydrogen) atoms. The maximum atomic E-state index is 5.65. The average molecular weight is 322 g/mol. The maximum Gasteiger partial charge on any atom is 0.193 e. The molecule has 1 atom stereocenters. The second-order valence-corrected chi connectivity index (χ2v) is 7.47. The molecule has 3 aliphatic heterocycles. The summed E-state index contributed by atoms with van der Waals surface area (Å²) >= 11 is 0. The van der Waals surface area contributed by atoms with Crippen LogP contribution in [0.5, 0.6) is 0 Å². The largest absolute Gasteiger partial charge is 0.381 e. The van der Waals surface area contributed by atoms with Crippen molar-refractivity contribution in [3.63, 3.8) is 0 Å². The zero-order valence-corrected chi connectivity index (χ0v) is 14.9. The Morgan fingerprint density at radius 3 is 2.65 bits per heavy atom. The van der Waals surface area contributed by atoms with Gasteiger partial charge in [-0.05, 0) is 45.7 Å². The van der Waals surface area contributed by atoms with Crippen LogP contribution in [-0.4, -0.2) is 74.8 Å². The Kier molecular flexibility index (Phi) is 6.17. The molecule has 0 radical (unpaired) electrons. The Bertz CT molecular complexity index is 384. The molecular weight excluding hydrogens is 288 g/mol. The molecule has 5 nitrogen and oxygen atoms in total. The summed E-state index contributed by atoms with van der Waals surface area (Å²) in [6, 6.07) is 0. The van der Waals surface area contributed by atoms with E-state index in [2.05, 4.69) is 22.0 Å². The van der Waals surface area contributed by atoms with E-state index in [0.717, 1.165) is 51.9 Å². The third kappa shape index (κ3) is 4.60. The minimum atomic E-state index is 0.404. The lowest BCUT2D eigenvalue weighted by molar-refractivity contribution is 0.156. The quantitative estimate of drug-likeness (QED) is 0.634. The molecule has 1 spiro atoms. The smallest absolute Gasteiger partial charge is 0.193 e. The Morgan fingerprint density at radius 2 is 1.96 bits per heavy atom. The van der Waals surface area contributed by atoms with Gasteiger partial charge in [0.15, 0.2) is 5.96 Å². The Labute approximate surface area is 141 Å². The average Bonchev–Trinajstić information content (AvgIpc) is 3.11. The minimum absolute atomic E-state index is 0.404. The van der Waals surface area contributed by atoms with Crippen molar-refractivity contribution in [2.24, 2.45) is 10.4 Å².